The standard InChI is InChI=1S/C12H22N2S/c1-4-6-14-11(7-10(3)5-2)12-8-13-9-15-12/h8-11,14H,4-7H2,1-3H3. The Kier molecular flexibility index (Phi) is 5.88. The van der Waals surface area contributed by atoms with E-state index in [1.165, 1.54) is 24.1 Å². The number of nitrogens with one attached hydrogen (secondary N) is 1. The maximum atomic E-state index is 4.16. The number of hydrogen-bond donors (Lipinski definition) is 1. The quantitative estimate of drug-likeness (QED) is 0.768. The summed E-state index contributed by atoms with van der Waals surface area (Å²) in [4.78, 5) is 5.54. The number of nitrogens with zero attached hydrogens (tertiary/aromatic N) is 1. The first-order valence-electron chi connectivity index (χ1n) is 5.89. The Bertz CT molecular complexity index is 246. The van der Waals surface area contributed by atoms with Crippen LogP contribution < -0.4 is 5.32 Å². The molecule has 1 rings (SSSR count). The second-order valence-corrected chi connectivity index (χ2v) is 5.08. The van der Waals surface area contributed by atoms with Crippen LogP contribution in [0.25, 0.3) is 0 Å². The SMILES string of the molecule is CCCNC(CC(C)CC)c1cncs1. The summed E-state index contributed by atoms with van der Waals surface area (Å²) in [6.07, 6.45) is 5.66. The van der Waals surface area contributed by atoms with Crippen molar-refractivity contribution in [2.24, 2.45) is 5.92 Å². The van der Waals surface area contributed by atoms with E-state index in [1.54, 1.807) is 11.3 Å². The van der Waals surface area contributed by atoms with Crippen molar-refractivity contribution in [2.45, 2.75) is 46.1 Å². The highest BCUT2D eigenvalue weighted by molar-refractivity contribution is 7.09. The Morgan fingerprint density at radius 2 is 2.27 bits per heavy atom. The van der Waals surface area contributed by atoms with Crippen molar-refractivity contribution in [2.75, 3.05) is 6.54 Å². The highest BCUT2D eigenvalue weighted by Gasteiger charge is 2.14. The van der Waals surface area contributed by atoms with Gasteiger partial charge in [0.1, 0.15) is 0 Å². The van der Waals surface area contributed by atoms with Crippen LogP contribution in [-0.4, -0.2) is 11.5 Å². The first-order valence-corrected chi connectivity index (χ1v) is 6.77. The number of thiazole rings is 1. The van der Waals surface area contributed by atoms with Gasteiger partial charge in [0.15, 0.2) is 0 Å². The van der Waals surface area contributed by atoms with Crippen LogP contribution >= 0.6 is 11.3 Å². The van der Waals surface area contributed by atoms with Crippen molar-refractivity contribution in [3.8, 4) is 0 Å². The van der Waals surface area contributed by atoms with E-state index in [4.69, 9.17) is 0 Å². The van der Waals surface area contributed by atoms with Crippen molar-refractivity contribution in [3.63, 3.8) is 0 Å². The van der Waals surface area contributed by atoms with E-state index >= 15 is 0 Å². The Morgan fingerprint density at radius 1 is 1.47 bits per heavy atom. The Morgan fingerprint density at radius 3 is 2.80 bits per heavy atom. The summed E-state index contributed by atoms with van der Waals surface area (Å²) >= 11 is 1.76. The van der Waals surface area contributed by atoms with Crippen LogP contribution in [0, 0.1) is 5.92 Å². The van der Waals surface area contributed by atoms with E-state index < -0.39 is 0 Å². The zero-order valence-corrected chi connectivity index (χ0v) is 10.8. The number of aromatic nitrogens is 1. The van der Waals surface area contributed by atoms with Gasteiger partial charge in [-0.2, -0.15) is 0 Å². The fourth-order valence-electron chi connectivity index (χ4n) is 1.59. The molecule has 0 aliphatic rings. The molecule has 1 heterocycles. The highest BCUT2D eigenvalue weighted by atomic mass is 32.1. The maximum absolute atomic E-state index is 4.16. The summed E-state index contributed by atoms with van der Waals surface area (Å²) in [6, 6.07) is 0.507. The molecular weight excluding hydrogens is 204 g/mol. The monoisotopic (exact) mass is 226 g/mol. The molecule has 1 aromatic rings. The molecule has 0 aliphatic carbocycles. The summed E-state index contributed by atoms with van der Waals surface area (Å²) in [5.41, 5.74) is 1.92. The molecule has 0 radical (unpaired) electrons. The van der Waals surface area contributed by atoms with Gasteiger partial charge in [-0.15, -0.1) is 11.3 Å². The zero-order chi connectivity index (χ0) is 11.1. The zero-order valence-electron chi connectivity index (χ0n) is 9.99. The average molecular weight is 226 g/mol. The molecule has 0 saturated heterocycles. The first-order chi connectivity index (χ1) is 7.27. The molecule has 0 spiro atoms. The van der Waals surface area contributed by atoms with Crippen molar-refractivity contribution >= 4 is 11.3 Å². The van der Waals surface area contributed by atoms with Gasteiger partial charge in [-0.05, 0) is 25.3 Å². The van der Waals surface area contributed by atoms with Gasteiger partial charge in [0.05, 0.1) is 5.51 Å². The van der Waals surface area contributed by atoms with Gasteiger partial charge in [-0.1, -0.05) is 27.2 Å². The fraction of sp³-hybridized carbons (Fsp3) is 0.750. The van der Waals surface area contributed by atoms with E-state index in [1.807, 2.05) is 11.7 Å². The highest BCUT2D eigenvalue weighted by Crippen LogP contribution is 2.25. The Hall–Kier alpha value is -0.410. The van der Waals surface area contributed by atoms with Crippen LogP contribution in [0.2, 0.25) is 0 Å². The van der Waals surface area contributed by atoms with E-state index in [0.29, 0.717) is 6.04 Å². The lowest BCUT2D eigenvalue weighted by atomic mass is 9.98. The third-order valence-corrected chi connectivity index (χ3v) is 3.66. The van der Waals surface area contributed by atoms with Gasteiger partial charge in [-0.25, -0.2) is 0 Å². The lowest BCUT2D eigenvalue weighted by molar-refractivity contribution is 0.406. The van der Waals surface area contributed by atoms with Gasteiger partial charge < -0.3 is 5.32 Å². The molecule has 2 atom stereocenters. The van der Waals surface area contributed by atoms with Crippen LogP contribution in [-0.2, 0) is 0 Å². The van der Waals surface area contributed by atoms with Gasteiger partial charge >= 0.3 is 0 Å². The molecule has 86 valence electrons. The smallest absolute Gasteiger partial charge is 0.0794 e. The minimum atomic E-state index is 0.507. The predicted octanol–water partition coefficient (Wildman–Crippen LogP) is 3.62. The van der Waals surface area contributed by atoms with Gasteiger partial charge in [0, 0.05) is 17.1 Å². The normalized spacial score (nSPS) is 15.1. The van der Waals surface area contributed by atoms with Gasteiger partial charge in [-0.3, -0.25) is 4.98 Å². The minimum absolute atomic E-state index is 0.507. The lowest BCUT2D eigenvalue weighted by Gasteiger charge is -2.20. The maximum Gasteiger partial charge on any atom is 0.0794 e. The minimum Gasteiger partial charge on any atom is -0.309 e. The first kappa shape index (κ1) is 12.7. The molecule has 1 aromatic heterocycles. The summed E-state index contributed by atoms with van der Waals surface area (Å²) in [5, 5.41) is 3.61. The van der Waals surface area contributed by atoms with E-state index in [-0.39, 0.29) is 0 Å². The summed E-state index contributed by atoms with van der Waals surface area (Å²) < 4.78 is 0. The third kappa shape index (κ3) is 4.31. The average Bonchev–Trinajstić information content (AvgIpc) is 2.77. The van der Waals surface area contributed by atoms with E-state index in [0.717, 1.165) is 12.5 Å². The van der Waals surface area contributed by atoms with Crippen LogP contribution in [0.3, 0.4) is 0 Å². The predicted molar refractivity (Wildman–Crippen MR) is 67.2 cm³/mol. The van der Waals surface area contributed by atoms with E-state index in [2.05, 4.69) is 31.1 Å². The molecule has 1 N–H and O–H groups in total. The lowest BCUT2D eigenvalue weighted by Crippen LogP contribution is -2.23. The van der Waals surface area contributed by atoms with Gasteiger partial charge in [0.25, 0.3) is 0 Å². The van der Waals surface area contributed by atoms with Crippen molar-refractivity contribution < 1.29 is 0 Å². The molecule has 2 unspecified atom stereocenters. The van der Waals surface area contributed by atoms with Crippen LogP contribution in [0.15, 0.2) is 11.7 Å². The van der Waals surface area contributed by atoms with Crippen LogP contribution in [0.5, 0.6) is 0 Å². The molecule has 0 aromatic carbocycles. The number of rotatable bonds is 7. The summed E-state index contributed by atoms with van der Waals surface area (Å²) in [7, 11) is 0. The van der Waals surface area contributed by atoms with E-state index in [9.17, 15) is 0 Å². The molecule has 15 heavy (non-hydrogen) atoms. The number of hydrogen-bond acceptors (Lipinski definition) is 3. The molecular formula is C12H22N2S. The fourth-order valence-corrected chi connectivity index (χ4v) is 2.29. The molecule has 0 saturated carbocycles. The molecule has 0 aliphatic heterocycles. The largest absolute Gasteiger partial charge is 0.309 e. The third-order valence-electron chi connectivity index (χ3n) is 2.77. The van der Waals surface area contributed by atoms with Crippen molar-refractivity contribution in [3.05, 3.63) is 16.6 Å². The molecule has 3 heteroatoms. The molecule has 2 nitrogen and oxygen atoms in total. The topological polar surface area (TPSA) is 24.9 Å². The van der Waals surface area contributed by atoms with Crippen molar-refractivity contribution in [1.29, 1.82) is 0 Å². The summed E-state index contributed by atoms with van der Waals surface area (Å²) in [5.74, 6) is 0.779. The van der Waals surface area contributed by atoms with Crippen LogP contribution in [0.1, 0.15) is 51.0 Å². The van der Waals surface area contributed by atoms with Crippen molar-refractivity contribution in [1.82, 2.24) is 10.3 Å². The Balaban J connectivity index is 2.53. The second kappa shape index (κ2) is 6.96. The second-order valence-electron chi connectivity index (χ2n) is 4.16. The van der Waals surface area contributed by atoms with Crippen LogP contribution in [0.4, 0.5) is 0 Å². The summed E-state index contributed by atoms with van der Waals surface area (Å²) in [6.45, 7) is 7.88. The molecule has 0 bridgehead atoms. The van der Waals surface area contributed by atoms with Gasteiger partial charge in [0.2, 0.25) is 0 Å². The Labute approximate surface area is 97.1 Å². The molecule has 0 fully saturated rings. The molecule has 0 amide bonds.